The fourth-order valence-electron chi connectivity index (χ4n) is 2.33. The van der Waals surface area contributed by atoms with Crippen LogP contribution in [-0.4, -0.2) is 41.0 Å². The van der Waals surface area contributed by atoms with E-state index < -0.39 is 0 Å². The quantitative estimate of drug-likeness (QED) is 0.822. The molecule has 0 aliphatic carbocycles. The van der Waals surface area contributed by atoms with Crippen molar-refractivity contribution in [1.29, 1.82) is 0 Å². The van der Waals surface area contributed by atoms with E-state index in [4.69, 9.17) is 0 Å². The second kappa shape index (κ2) is 5.37. The standard InChI is InChI=1S/C12H20N4/c1-10-8-16(2)4-3-12(10)15-7-11-5-13-9-14-6-11/h5-6,9-10,12,15H,3-4,7-8H2,1-2H3. The van der Waals surface area contributed by atoms with Crippen molar-refractivity contribution in [2.75, 3.05) is 20.1 Å². The van der Waals surface area contributed by atoms with Crippen molar-refractivity contribution in [2.45, 2.75) is 25.9 Å². The molecule has 1 aliphatic heterocycles. The van der Waals surface area contributed by atoms with E-state index in [1.165, 1.54) is 19.5 Å². The molecule has 4 nitrogen and oxygen atoms in total. The zero-order valence-electron chi connectivity index (χ0n) is 10.1. The van der Waals surface area contributed by atoms with Crippen molar-refractivity contribution in [1.82, 2.24) is 20.2 Å². The SMILES string of the molecule is CC1CN(C)CCC1NCc1cncnc1. The third-order valence-electron chi connectivity index (χ3n) is 3.29. The van der Waals surface area contributed by atoms with Crippen LogP contribution < -0.4 is 5.32 Å². The van der Waals surface area contributed by atoms with E-state index in [0.29, 0.717) is 12.0 Å². The van der Waals surface area contributed by atoms with Gasteiger partial charge in [-0.1, -0.05) is 6.92 Å². The zero-order chi connectivity index (χ0) is 11.4. The number of aromatic nitrogens is 2. The molecule has 0 amide bonds. The topological polar surface area (TPSA) is 41.0 Å². The van der Waals surface area contributed by atoms with Gasteiger partial charge in [-0.15, -0.1) is 0 Å². The summed E-state index contributed by atoms with van der Waals surface area (Å²) in [4.78, 5) is 10.4. The molecule has 2 rings (SSSR count). The van der Waals surface area contributed by atoms with Crippen molar-refractivity contribution in [2.24, 2.45) is 5.92 Å². The van der Waals surface area contributed by atoms with Gasteiger partial charge in [-0.2, -0.15) is 0 Å². The van der Waals surface area contributed by atoms with E-state index in [9.17, 15) is 0 Å². The maximum Gasteiger partial charge on any atom is 0.115 e. The van der Waals surface area contributed by atoms with Crippen LogP contribution in [-0.2, 0) is 6.54 Å². The minimum absolute atomic E-state index is 0.622. The summed E-state index contributed by atoms with van der Waals surface area (Å²) in [7, 11) is 2.19. The number of piperidine rings is 1. The Kier molecular flexibility index (Phi) is 3.85. The highest BCUT2D eigenvalue weighted by atomic mass is 15.1. The van der Waals surface area contributed by atoms with Gasteiger partial charge in [-0.25, -0.2) is 9.97 Å². The molecule has 0 bridgehead atoms. The first-order valence-corrected chi connectivity index (χ1v) is 5.91. The Balaban J connectivity index is 1.82. The Morgan fingerprint density at radius 1 is 1.44 bits per heavy atom. The van der Waals surface area contributed by atoms with Crippen LogP contribution in [0.25, 0.3) is 0 Å². The molecule has 0 saturated carbocycles. The summed E-state index contributed by atoms with van der Waals surface area (Å²) in [6.07, 6.45) is 6.55. The lowest BCUT2D eigenvalue weighted by Crippen LogP contribution is -2.46. The van der Waals surface area contributed by atoms with Gasteiger partial charge in [0.05, 0.1) is 0 Å². The van der Waals surface area contributed by atoms with Crippen LogP contribution in [0.2, 0.25) is 0 Å². The Hall–Kier alpha value is -1.00. The predicted octanol–water partition coefficient (Wildman–Crippen LogP) is 0.906. The third kappa shape index (κ3) is 3.00. The summed E-state index contributed by atoms with van der Waals surface area (Å²) in [6, 6.07) is 0.622. The first-order valence-electron chi connectivity index (χ1n) is 5.91. The maximum absolute atomic E-state index is 4.02. The minimum Gasteiger partial charge on any atom is -0.309 e. The van der Waals surface area contributed by atoms with Crippen LogP contribution in [0.15, 0.2) is 18.7 Å². The second-order valence-corrected chi connectivity index (χ2v) is 4.76. The van der Waals surface area contributed by atoms with E-state index in [1.807, 2.05) is 12.4 Å². The van der Waals surface area contributed by atoms with Gasteiger partial charge < -0.3 is 10.2 Å². The molecule has 1 aromatic heterocycles. The van der Waals surface area contributed by atoms with Gasteiger partial charge in [-0.3, -0.25) is 0 Å². The van der Waals surface area contributed by atoms with Gasteiger partial charge >= 0.3 is 0 Å². The molecule has 0 spiro atoms. The smallest absolute Gasteiger partial charge is 0.115 e. The molecular weight excluding hydrogens is 200 g/mol. The Morgan fingerprint density at radius 2 is 2.19 bits per heavy atom. The predicted molar refractivity (Wildman–Crippen MR) is 63.9 cm³/mol. The van der Waals surface area contributed by atoms with Crippen molar-refractivity contribution in [3.05, 3.63) is 24.3 Å². The van der Waals surface area contributed by atoms with Crippen LogP contribution in [0.1, 0.15) is 18.9 Å². The number of likely N-dealkylation sites (tertiary alicyclic amines) is 1. The van der Waals surface area contributed by atoms with Crippen molar-refractivity contribution in [3.8, 4) is 0 Å². The highest BCUT2D eigenvalue weighted by molar-refractivity contribution is 5.02. The molecule has 16 heavy (non-hydrogen) atoms. The van der Waals surface area contributed by atoms with Crippen molar-refractivity contribution < 1.29 is 0 Å². The van der Waals surface area contributed by atoms with E-state index in [2.05, 4.69) is 34.2 Å². The molecule has 1 aromatic rings. The maximum atomic E-state index is 4.02. The van der Waals surface area contributed by atoms with Crippen molar-refractivity contribution >= 4 is 0 Å². The molecule has 1 fully saturated rings. The van der Waals surface area contributed by atoms with Gasteiger partial charge in [0, 0.05) is 37.1 Å². The van der Waals surface area contributed by atoms with Gasteiger partial charge in [0.15, 0.2) is 0 Å². The number of nitrogens with zero attached hydrogens (tertiary/aromatic N) is 3. The fourth-order valence-corrected chi connectivity index (χ4v) is 2.33. The number of nitrogens with one attached hydrogen (secondary N) is 1. The molecule has 1 saturated heterocycles. The Morgan fingerprint density at radius 3 is 2.88 bits per heavy atom. The third-order valence-corrected chi connectivity index (χ3v) is 3.29. The number of hydrogen-bond donors (Lipinski definition) is 1. The van der Waals surface area contributed by atoms with Crippen LogP contribution in [0.3, 0.4) is 0 Å². The highest BCUT2D eigenvalue weighted by Gasteiger charge is 2.23. The molecule has 2 heterocycles. The molecule has 2 atom stereocenters. The van der Waals surface area contributed by atoms with Gasteiger partial charge in [-0.05, 0) is 25.9 Å². The number of rotatable bonds is 3. The van der Waals surface area contributed by atoms with Crippen LogP contribution in [0.5, 0.6) is 0 Å². The lowest BCUT2D eigenvalue weighted by molar-refractivity contribution is 0.174. The zero-order valence-corrected chi connectivity index (χ0v) is 10.1. The van der Waals surface area contributed by atoms with Crippen LogP contribution in [0, 0.1) is 5.92 Å². The normalized spacial score (nSPS) is 26.9. The van der Waals surface area contributed by atoms with Gasteiger partial charge in [0.25, 0.3) is 0 Å². The molecule has 0 aromatic carbocycles. The minimum atomic E-state index is 0.622. The van der Waals surface area contributed by atoms with Crippen LogP contribution in [0.4, 0.5) is 0 Å². The molecule has 1 N–H and O–H groups in total. The van der Waals surface area contributed by atoms with Crippen LogP contribution >= 0.6 is 0 Å². The average Bonchev–Trinajstić information content (AvgIpc) is 2.29. The summed E-state index contributed by atoms with van der Waals surface area (Å²) in [5.41, 5.74) is 1.16. The second-order valence-electron chi connectivity index (χ2n) is 4.76. The summed E-state index contributed by atoms with van der Waals surface area (Å²) < 4.78 is 0. The first-order chi connectivity index (χ1) is 7.75. The summed E-state index contributed by atoms with van der Waals surface area (Å²) in [5.74, 6) is 0.711. The molecule has 0 radical (unpaired) electrons. The lowest BCUT2D eigenvalue weighted by atomic mass is 9.94. The van der Waals surface area contributed by atoms with Gasteiger partial charge in [0.1, 0.15) is 6.33 Å². The van der Waals surface area contributed by atoms with Gasteiger partial charge in [0.2, 0.25) is 0 Å². The number of hydrogen-bond acceptors (Lipinski definition) is 4. The Labute approximate surface area is 97.1 Å². The molecule has 2 unspecified atom stereocenters. The Bertz CT molecular complexity index is 314. The summed E-state index contributed by atoms with van der Waals surface area (Å²) >= 11 is 0. The first kappa shape index (κ1) is 11.5. The molecular formula is C12H20N4. The molecule has 88 valence electrons. The van der Waals surface area contributed by atoms with E-state index in [0.717, 1.165) is 12.1 Å². The monoisotopic (exact) mass is 220 g/mol. The highest BCUT2D eigenvalue weighted by Crippen LogP contribution is 2.15. The largest absolute Gasteiger partial charge is 0.309 e. The van der Waals surface area contributed by atoms with E-state index >= 15 is 0 Å². The van der Waals surface area contributed by atoms with Crippen molar-refractivity contribution in [3.63, 3.8) is 0 Å². The lowest BCUT2D eigenvalue weighted by Gasteiger charge is -2.35. The van der Waals surface area contributed by atoms with E-state index in [-0.39, 0.29) is 0 Å². The molecule has 4 heteroatoms. The fraction of sp³-hybridized carbons (Fsp3) is 0.667. The molecule has 1 aliphatic rings. The summed E-state index contributed by atoms with van der Waals surface area (Å²) in [6.45, 7) is 5.56. The summed E-state index contributed by atoms with van der Waals surface area (Å²) in [5, 5.41) is 3.60. The average molecular weight is 220 g/mol. The van der Waals surface area contributed by atoms with E-state index in [1.54, 1.807) is 6.33 Å².